The van der Waals surface area contributed by atoms with Crippen LogP contribution >= 0.6 is 11.3 Å². The summed E-state index contributed by atoms with van der Waals surface area (Å²) in [5.41, 5.74) is 1.51. The summed E-state index contributed by atoms with van der Waals surface area (Å²) in [5, 5.41) is 1.31. The summed E-state index contributed by atoms with van der Waals surface area (Å²) in [6.45, 7) is 1.98. The smallest absolute Gasteiger partial charge is 0.140 e. The predicted octanol–water partition coefficient (Wildman–Crippen LogP) is 2.94. The zero-order valence-corrected chi connectivity index (χ0v) is 11.4. The van der Waals surface area contributed by atoms with Crippen molar-refractivity contribution in [1.29, 1.82) is 0 Å². The van der Waals surface area contributed by atoms with Gasteiger partial charge in [0.25, 0.3) is 0 Å². The van der Waals surface area contributed by atoms with Crippen LogP contribution in [0.15, 0.2) is 0 Å². The molecule has 1 aliphatic rings. The van der Waals surface area contributed by atoms with Crippen LogP contribution in [0.1, 0.15) is 29.1 Å². The minimum atomic E-state index is 0.875. The third-order valence-electron chi connectivity index (χ3n) is 3.33. The van der Waals surface area contributed by atoms with E-state index in [1.54, 1.807) is 0 Å². The first kappa shape index (κ1) is 11.0. The van der Waals surface area contributed by atoms with Gasteiger partial charge >= 0.3 is 0 Å². The highest BCUT2D eigenvalue weighted by atomic mass is 32.1. The van der Waals surface area contributed by atoms with Crippen molar-refractivity contribution >= 4 is 27.4 Å². The molecule has 0 saturated carbocycles. The molecule has 4 heteroatoms. The van der Waals surface area contributed by atoms with E-state index >= 15 is 0 Å². The number of hydrogen-bond acceptors (Lipinski definition) is 4. The fraction of sp³-hybridized carbons (Fsp3) is 0.538. The van der Waals surface area contributed by atoms with Crippen LogP contribution in [0.4, 0.5) is 5.82 Å². The number of hydrogen-bond donors (Lipinski definition) is 0. The predicted molar refractivity (Wildman–Crippen MR) is 73.1 cm³/mol. The Labute approximate surface area is 106 Å². The summed E-state index contributed by atoms with van der Waals surface area (Å²) in [4.78, 5) is 14.0. The first-order valence-corrected chi connectivity index (χ1v) is 6.94. The van der Waals surface area contributed by atoms with Gasteiger partial charge in [-0.3, -0.25) is 0 Å². The Hall–Kier alpha value is -1.16. The van der Waals surface area contributed by atoms with Crippen molar-refractivity contribution in [2.75, 3.05) is 19.0 Å². The van der Waals surface area contributed by atoms with E-state index < -0.39 is 0 Å². The molecule has 0 aromatic carbocycles. The third-order valence-corrected chi connectivity index (χ3v) is 4.52. The van der Waals surface area contributed by atoms with Crippen LogP contribution in [-0.4, -0.2) is 24.1 Å². The fourth-order valence-corrected chi connectivity index (χ4v) is 3.87. The average molecular weight is 247 g/mol. The average Bonchev–Trinajstić information content (AvgIpc) is 2.65. The molecule has 0 atom stereocenters. The van der Waals surface area contributed by atoms with Gasteiger partial charge in [0.2, 0.25) is 0 Å². The molecule has 90 valence electrons. The number of rotatable bonds is 1. The zero-order chi connectivity index (χ0) is 12.0. The molecule has 0 unspecified atom stereocenters. The molecule has 3 rings (SSSR count). The van der Waals surface area contributed by atoms with Gasteiger partial charge in [0.1, 0.15) is 16.5 Å². The lowest BCUT2D eigenvalue weighted by molar-refractivity contribution is 0.700. The second kappa shape index (κ2) is 3.95. The third kappa shape index (κ3) is 1.71. The van der Waals surface area contributed by atoms with E-state index in [9.17, 15) is 0 Å². The second-order valence-corrected chi connectivity index (χ2v) is 5.96. The quantitative estimate of drug-likeness (QED) is 0.776. The maximum absolute atomic E-state index is 4.60. The molecule has 17 heavy (non-hydrogen) atoms. The van der Waals surface area contributed by atoms with Crippen molar-refractivity contribution in [1.82, 2.24) is 9.97 Å². The molecule has 3 nitrogen and oxygen atoms in total. The van der Waals surface area contributed by atoms with Gasteiger partial charge in [0.05, 0.1) is 5.39 Å². The highest BCUT2D eigenvalue weighted by Gasteiger charge is 2.21. The first-order valence-electron chi connectivity index (χ1n) is 6.13. The van der Waals surface area contributed by atoms with E-state index in [2.05, 4.69) is 29.0 Å². The number of anilines is 1. The SMILES string of the molecule is Cc1nc(N(C)C)c2c3c(sc2n1)CCCC3. The van der Waals surface area contributed by atoms with Gasteiger partial charge in [0, 0.05) is 19.0 Å². The van der Waals surface area contributed by atoms with Gasteiger partial charge in [-0.15, -0.1) is 11.3 Å². The molecule has 0 fully saturated rings. The van der Waals surface area contributed by atoms with Crippen molar-refractivity contribution in [2.24, 2.45) is 0 Å². The molecule has 2 aromatic rings. The molecule has 0 spiro atoms. The molecule has 0 N–H and O–H groups in total. The van der Waals surface area contributed by atoms with Crippen LogP contribution in [0.2, 0.25) is 0 Å². The summed E-state index contributed by atoms with van der Waals surface area (Å²) in [6, 6.07) is 0. The lowest BCUT2D eigenvalue weighted by atomic mass is 9.97. The monoisotopic (exact) mass is 247 g/mol. The lowest BCUT2D eigenvalue weighted by Gasteiger charge is -2.16. The Morgan fingerprint density at radius 1 is 1.12 bits per heavy atom. The topological polar surface area (TPSA) is 29.0 Å². The molecule has 0 amide bonds. The van der Waals surface area contributed by atoms with Crippen LogP contribution in [0.3, 0.4) is 0 Å². The van der Waals surface area contributed by atoms with Crippen LogP contribution in [0.5, 0.6) is 0 Å². The molecule has 0 saturated heterocycles. The molecule has 2 heterocycles. The van der Waals surface area contributed by atoms with Gasteiger partial charge in [-0.2, -0.15) is 0 Å². The van der Waals surface area contributed by atoms with Crippen LogP contribution in [-0.2, 0) is 12.8 Å². The number of fused-ring (bicyclic) bond motifs is 3. The summed E-state index contributed by atoms with van der Waals surface area (Å²) in [5.74, 6) is 1.96. The lowest BCUT2D eigenvalue weighted by Crippen LogP contribution is -2.13. The Kier molecular flexibility index (Phi) is 2.54. The van der Waals surface area contributed by atoms with Gasteiger partial charge < -0.3 is 4.90 Å². The summed E-state index contributed by atoms with van der Waals surface area (Å²) in [6.07, 6.45) is 5.05. The minimum absolute atomic E-state index is 0.875. The second-order valence-electron chi connectivity index (χ2n) is 4.88. The van der Waals surface area contributed by atoms with Crippen molar-refractivity contribution < 1.29 is 0 Å². The number of nitrogens with zero attached hydrogens (tertiary/aromatic N) is 3. The van der Waals surface area contributed by atoms with Gasteiger partial charge in [-0.05, 0) is 38.2 Å². The number of aryl methyl sites for hydroxylation is 3. The van der Waals surface area contributed by atoms with Crippen LogP contribution in [0, 0.1) is 6.92 Å². The molecule has 2 aromatic heterocycles. The minimum Gasteiger partial charge on any atom is -0.362 e. The number of thiophene rings is 1. The number of aromatic nitrogens is 2. The van der Waals surface area contributed by atoms with Gasteiger partial charge in [0.15, 0.2) is 0 Å². The Bertz CT molecular complexity index is 572. The van der Waals surface area contributed by atoms with E-state index in [1.165, 1.54) is 46.3 Å². The summed E-state index contributed by atoms with van der Waals surface area (Å²) in [7, 11) is 4.13. The molecular formula is C13H17N3S. The van der Waals surface area contributed by atoms with E-state index in [-0.39, 0.29) is 0 Å². The molecule has 0 radical (unpaired) electrons. The summed E-state index contributed by atoms with van der Waals surface area (Å²) < 4.78 is 0. The van der Waals surface area contributed by atoms with Crippen LogP contribution < -0.4 is 4.90 Å². The first-order chi connectivity index (χ1) is 8.16. The van der Waals surface area contributed by atoms with Crippen LogP contribution in [0.25, 0.3) is 10.2 Å². The fourth-order valence-electron chi connectivity index (χ4n) is 2.57. The van der Waals surface area contributed by atoms with E-state index in [4.69, 9.17) is 0 Å². The summed E-state index contributed by atoms with van der Waals surface area (Å²) >= 11 is 1.87. The normalized spacial score (nSPS) is 15.0. The molecule has 0 bridgehead atoms. The highest BCUT2D eigenvalue weighted by molar-refractivity contribution is 7.19. The highest BCUT2D eigenvalue weighted by Crippen LogP contribution is 2.39. The van der Waals surface area contributed by atoms with Gasteiger partial charge in [-0.1, -0.05) is 0 Å². The van der Waals surface area contributed by atoms with E-state index in [1.807, 2.05) is 18.3 Å². The van der Waals surface area contributed by atoms with E-state index in [0.29, 0.717) is 0 Å². The molecule has 0 aliphatic heterocycles. The molecular weight excluding hydrogens is 230 g/mol. The largest absolute Gasteiger partial charge is 0.362 e. The van der Waals surface area contributed by atoms with E-state index in [0.717, 1.165) is 11.6 Å². The van der Waals surface area contributed by atoms with Crippen molar-refractivity contribution in [3.8, 4) is 0 Å². The van der Waals surface area contributed by atoms with Gasteiger partial charge in [-0.25, -0.2) is 9.97 Å². The molecule has 1 aliphatic carbocycles. The Morgan fingerprint density at radius 3 is 2.65 bits per heavy atom. The van der Waals surface area contributed by atoms with Crippen molar-refractivity contribution in [3.63, 3.8) is 0 Å². The Morgan fingerprint density at radius 2 is 1.88 bits per heavy atom. The van der Waals surface area contributed by atoms with Crippen molar-refractivity contribution in [3.05, 3.63) is 16.3 Å². The van der Waals surface area contributed by atoms with Crippen molar-refractivity contribution in [2.45, 2.75) is 32.6 Å². The maximum Gasteiger partial charge on any atom is 0.140 e. The zero-order valence-electron chi connectivity index (χ0n) is 10.6. The Balaban J connectivity index is 2.34. The maximum atomic E-state index is 4.60. The standard InChI is InChI=1S/C13H17N3S/c1-8-14-12(16(2)3)11-9-6-4-5-7-10(9)17-13(11)15-8/h4-7H2,1-3H3.